The monoisotopic (exact) mass is 408 g/mol. The molecule has 106 valence electrons. The van der Waals surface area contributed by atoms with E-state index < -0.39 is 0 Å². The van der Waals surface area contributed by atoms with E-state index in [1.165, 1.54) is 6.07 Å². The molecule has 0 aromatic heterocycles. The molecule has 2 aromatic carbocycles. The van der Waals surface area contributed by atoms with Crippen LogP contribution in [0.4, 0.5) is 11.4 Å². The van der Waals surface area contributed by atoms with E-state index in [2.05, 4.69) is 31.9 Å². The summed E-state index contributed by atoms with van der Waals surface area (Å²) in [7, 11) is 0. The molecular formula is C15H10Br2N2O2. The first-order chi connectivity index (χ1) is 9.90. The van der Waals surface area contributed by atoms with Gasteiger partial charge in [0.2, 0.25) is 0 Å². The lowest BCUT2D eigenvalue weighted by molar-refractivity contribution is 0.0926. The van der Waals surface area contributed by atoms with Gasteiger partial charge in [-0.2, -0.15) is 0 Å². The van der Waals surface area contributed by atoms with Crippen LogP contribution in [0.25, 0.3) is 0 Å². The number of aryl methyl sites for hydroxylation is 1. The van der Waals surface area contributed by atoms with Crippen molar-refractivity contribution in [1.82, 2.24) is 0 Å². The third-order valence-electron chi connectivity index (χ3n) is 3.30. The molecule has 0 spiro atoms. The number of hydrogen-bond donors (Lipinski definition) is 1. The van der Waals surface area contributed by atoms with Crippen molar-refractivity contribution in [3.8, 4) is 0 Å². The summed E-state index contributed by atoms with van der Waals surface area (Å²) < 4.78 is 1.36. The molecule has 3 rings (SSSR count). The summed E-state index contributed by atoms with van der Waals surface area (Å²) in [4.78, 5) is 26.3. The first-order valence-corrected chi connectivity index (χ1v) is 7.72. The minimum atomic E-state index is -0.368. The Kier molecular flexibility index (Phi) is 3.37. The van der Waals surface area contributed by atoms with Gasteiger partial charge in [0.15, 0.2) is 0 Å². The number of benzene rings is 2. The van der Waals surface area contributed by atoms with Crippen LogP contribution in [0.15, 0.2) is 39.3 Å². The second-order valence-corrected chi connectivity index (χ2v) is 6.54. The molecule has 2 aromatic rings. The molecule has 0 aliphatic carbocycles. The highest BCUT2D eigenvalue weighted by Gasteiger charge is 2.38. The van der Waals surface area contributed by atoms with Crippen molar-refractivity contribution in [3.63, 3.8) is 0 Å². The van der Waals surface area contributed by atoms with Gasteiger partial charge in [-0.1, -0.05) is 0 Å². The lowest BCUT2D eigenvalue weighted by Crippen LogP contribution is -2.30. The number of imide groups is 1. The molecular weight excluding hydrogens is 400 g/mol. The van der Waals surface area contributed by atoms with Crippen LogP contribution >= 0.6 is 31.9 Å². The molecule has 21 heavy (non-hydrogen) atoms. The van der Waals surface area contributed by atoms with Gasteiger partial charge in [-0.15, -0.1) is 0 Å². The Labute approximate surface area is 138 Å². The first kappa shape index (κ1) is 14.3. The van der Waals surface area contributed by atoms with E-state index in [1.54, 1.807) is 12.1 Å². The number of amides is 2. The quantitative estimate of drug-likeness (QED) is 0.573. The average Bonchev–Trinajstić information content (AvgIpc) is 2.62. The Morgan fingerprint density at radius 2 is 1.52 bits per heavy atom. The summed E-state index contributed by atoms with van der Waals surface area (Å²) in [5, 5.41) is 0. The Morgan fingerprint density at radius 3 is 2.14 bits per heavy atom. The van der Waals surface area contributed by atoms with E-state index in [0.29, 0.717) is 31.4 Å². The maximum absolute atomic E-state index is 12.6. The van der Waals surface area contributed by atoms with Crippen LogP contribution in [0.2, 0.25) is 0 Å². The SMILES string of the molecule is Cc1cc(Br)c(N2C(=O)c3ccc(N)cc3C2=O)c(Br)c1. The number of anilines is 2. The van der Waals surface area contributed by atoms with Crippen LogP contribution in [0, 0.1) is 6.92 Å². The number of hydrogen-bond acceptors (Lipinski definition) is 3. The lowest BCUT2D eigenvalue weighted by Gasteiger charge is -2.18. The van der Waals surface area contributed by atoms with Crippen LogP contribution in [-0.2, 0) is 0 Å². The van der Waals surface area contributed by atoms with Gasteiger partial charge in [0.25, 0.3) is 11.8 Å². The number of fused-ring (bicyclic) bond motifs is 1. The van der Waals surface area contributed by atoms with Crippen LogP contribution < -0.4 is 10.6 Å². The van der Waals surface area contributed by atoms with E-state index >= 15 is 0 Å². The van der Waals surface area contributed by atoms with Crippen molar-refractivity contribution >= 4 is 55.0 Å². The highest BCUT2D eigenvalue weighted by Crippen LogP contribution is 2.39. The van der Waals surface area contributed by atoms with E-state index in [-0.39, 0.29) is 11.8 Å². The molecule has 1 aliphatic heterocycles. The summed E-state index contributed by atoms with van der Waals surface area (Å²) >= 11 is 6.84. The van der Waals surface area contributed by atoms with Gasteiger partial charge in [0.1, 0.15) is 0 Å². The number of nitrogens with zero attached hydrogens (tertiary/aromatic N) is 1. The maximum Gasteiger partial charge on any atom is 0.266 e. The van der Waals surface area contributed by atoms with Gasteiger partial charge in [0, 0.05) is 14.6 Å². The molecule has 2 amide bonds. The molecule has 6 heteroatoms. The number of carbonyl (C=O) groups excluding carboxylic acids is 2. The molecule has 0 radical (unpaired) electrons. The van der Waals surface area contributed by atoms with Crippen molar-refractivity contribution in [2.45, 2.75) is 6.92 Å². The van der Waals surface area contributed by atoms with Crippen LogP contribution in [0.1, 0.15) is 26.3 Å². The first-order valence-electron chi connectivity index (χ1n) is 6.14. The standard InChI is InChI=1S/C15H10Br2N2O2/c1-7-4-11(16)13(12(17)5-7)19-14(20)9-3-2-8(18)6-10(9)15(19)21/h2-6H,18H2,1H3. The van der Waals surface area contributed by atoms with E-state index in [1.807, 2.05) is 19.1 Å². The van der Waals surface area contributed by atoms with Gasteiger partial charge in [-0.25, -0.2) is 4.90 Å². The highest BCUT2D eigenvalue weighted by molar-refractivity contribution is 9.11. The lowest BCUT2D eigenvalue weighted by atomic mass is 10.1. The molecule has 2 N–H and O–H groups in total. The van der Waals surface area contributed by atoms with Crippen LogP contribution in [0.3, 0.4) is 0 Å². The van der Waals surface area contributed by atoms with Crippen molar-refractivity contribution in [2.24, 2.45) is 0 Å². The average molecular weight is 410 g/mol. The Balaban J connectivity index is 2.19. The second-order valence-electron chi connectivity index (χ2n) is 4.83. The predicted octanol–water partition coefficient (Wildman–Crippen LogP) is 3.90. The fourth-order valence-electron chi connectivity index (χ4n) is 2.37. The topological polar surface area (TPSA) is 63.4 Å². The Morgan fingerprint density at radius 1 is 0.952 bits per heavy atom. The fraction of sp³-hybridized carbons (Fsp3) is 0.0667. The third kappa shape index (κ3) is 2.18. The van der Waals surface area contributed by atoms with Crippen molar-refractivity contribution in [1.29, 1.82) is 0 Å². The van der Waals surface area contributed by atoms with Gasteiger partial charge in [0.05, 0.1) is 16.8 Å². The second kappa shape index (κ2) is 4.96. The molecule has 4 nitrogen and oxygen atoms in total. The summed E-state index contributed by atoms with van der Waals surface area (Å²) in [6, 6.07) is 8.45. The minimum absolute atomic E-state index is 0.333. The van der Waals surface area contributed by atoms with Gasteiger partial charge < -0.3 is 5.73 Å². The summed E-state index contributed by atoms with van der Waals surface area (Å²) in [6.07, 6.45) is 0. The smallest absolute Gasteiger partial charge is 0.266 e. The predicted molar refractivity (Wildman–Crippen MR) is 88.6 cm³/mol. The fourth-order valence-corrected chi connectivity index (χ4v) is 4.14. The zero-order valence-electron chi connectivity index (χ0n) is 11.0. The Hall–Kier alpha value is -1.66. The summed E-state index contributed by atoms with van der Waals surface area (Å²) in [5.41, 5.74) is 8.38. The van der Waals surface area contributed by atoms with E-state index in [4.69, 9.17) is 5.73 Å². The third-order valence-corrected chi connectivity index (χ3v) is 4.50. The van der Waals surface area contributed by atoms with Gasteiger partial charge >= 0.3 is 0 Å². The maximum atomic E-state index is 12.6. The highest BCUT2D eigenvalue weighted by atomic mass is 79.9. The number of nitrogens with two attached hydrogens (primary N) is 1. The van der Waals surface area contributed by atoms with Crippen molar-refractivity contribution in [2.75, 3.05) is 10.6 Å². The van der Waals surface area contributed by atoms with Gasteiger partial charge in [-0.05, 0) is 74.7 Å². The van der Waals surface area contributed by atoms with Crippen molar-refractivity contribution in [3.05, 3.63) is 56.0 Å². The van der Waals surface area contributed by atoms with E-state index in [0.717, 1.165) is 10.5 Å². The number of halogens is 2. The van der Waals surface area contributed by atoms with Gasteiger partial charge in [-0.3, -0.25) is 9.59 Å². The number of rotatable bonds is 1. The van der Waals surface area contributed by atoms with Crippen molar-refractivity contribution < 1.29 is 9.59 Å². The van der Waals surface area contributed by atoms with Crippen LogP contribution in [0.5, 0.6) is 0 Å². The number of carbonyl (C=O) groups is 2. The Bertz CT molecular complexity index is 779. The summed E-state index contributed by atoms with van der Waals surface area (Å²) in [6.45, 7) is 1.93. The zero-order valence-corrected chi connectivity index (χ0v) is 14.2. The van der Waals surface area contributed by atoms with E-state index in [9.17, 15) is 9.59 Å². The molecule has 0 unspecified atom stereocenters. The molecule has 0 saturated heterocycles. The molecule has 1 aliphatic rings. The number of nitrogen functional groups attached to an aromatic ring is 1. The molecule has 0 bridgehead atoms. The molecule has 0 saturated carbocycles. The van der Waals surface area contributed by atoms with Crippen LogP contribution in [-0.4, -0.2) is 11.8 Å². The zero-order chi connectivity index (χ0) is 15.3. The molecule has 1 heterocycles. The normalized spacial score (nSPS) is 13.8. The molecule has 0 atom stereocenters. The largest absolute Gasteiger partial charge is 0.399 e. The molecule has 0 fully saturated rings. The minimum Gasteiger partial charge on any atom is -0.399 e. The summed E-state index contributed by atoms with van der Waals surface area (Å²) in [5.74, 6) is -0.715.